The van der Waals surface area contributed by atoms with E-state index in [1.807, 2.05) is 20.8 Å². The molecule has 106 valence electrons. The van der Waals surface area contributed by atoms with Gasteiger partial charge in [-0.2, -0.15) is 0 Å². The summed E-state index contributed by atoms with van der Waals surface area (Å²) < 4.78 is 5.48. The Balaban J connectivity index is 5.05. The van der Waals surface area contributed by atoms with Crippen molar-refractivity contribution in [2.45, 2.75) is 65.4 Å². The van der Waals surface area contributed by atoms with E-state index in [1.165, 1.54) is 0 Å². The Bertz CT molecular complexity index is 271. The molecule has 4 nitrogen and oxygen atoms in total. The number of unbranched alkanes of at least 4 members (excludes halogenated alkanes) is 1. The second-order valence-electron chi connectivity index (χ2n) is 4.57. The van der Waals surface area contributed by atoms with Crippen molar-refractivity contribution in [2.24, 2.45) is 5.92 Å². The van der Waals surface area contributed by atoms with Crippen LogP contribution in [-0.4, -0.2) is 29.1 Å². The molecule has 0 saturated heterocycles. The summed E-state index contributed by atoms with van der Waals surface area (Å²) in [5.41, 5.74) is -1.65. The van der Waals surface area contributed by atoms with E-state index >= 15 is 0 Å². The maximum Gasteiger partial charge on any atom is 0.343 e. The van der Waals surface area contributed by atoms with Crippen LogP contribution in [0.1, 0.15) is 59.8 Å². The molecule has 0 aromatic rings. The Hall–Kier alpha value is -0.900. The number of ketones is 1. The highest BCUT2D eigenvalue weighted by Gasteiger charge is 2.47. The Morgan fingerprint density at radius 3 is 2.06 bits per heavy atom. The van der Waals surface area contributed by atoms with E-state index in [4.69, 9.17) is 4.74 Å². The van der Waals surface area contributed by atoms with Gasteiger partial charge in [0, 0.05) is 12.5 Å². The number of ether oxygens (including phenoxy) is 1. The molecule has 0 aliphatic carbocycles. The topological polar surface area (TPSA) is 63.6 Å². The van der Waals surface area contributed by atoms with Crippen LogP contribution in [0, 0.1) is 5.92 Å². The van der Waals surface area contributed by atoms with E-state index in [9.17, 15) is 14.7 Å². The van der Waals surface area contributed by atoms with Gasteiger partial charge < -0.3 is 9.84 Å². The largest absolute Gasteiger partial charge is 0.479 e. The first kappa shape index (κ1) is 17.1. The zero-order valence-corrected chi connectivity index (χ0v) is 12.0. The van der Waals surface area contributed by atoms with E-state index in [0.29, 0.717) is 19.4 Å². The molecule has 0 amide bonds. The Morgan fingerprint density at radius 1 is 1.17 bits per heavy atom. The number of Topliss-reactive ketones (excluding diaryl/α,β-unsaturated/α-hetero) is 1. The van der Waals surface area contributed by atoms with Gasteiger partial charge in [0.2, 0.25) is 5.60 Å². The van der Waals surface area contributed by atoms with Gasteiger partial charge in [-0.25, -0.2) is 4.79 Å². The first-order chi connectivity index (χ1) is 8.49. The molecule has 0 saturated carbocycles. The Kier molecular flexibility index (Phi) is 7.83. The summed E-state index contributed by atoms with van der Waals surface area (Å²) in [7, 11) is 0. The molecule has 0 aromatic carbocycles. The smallest absolute Gasteiger partial charge is 0.343 e. The first-order valence-corrected chi connectivity index (χ1v) is 6.91. The third kappa shape index (κ3) is 3.80. The molecule has 0 spiro atoms. The number of carbonyl (C=O) groups is 2. The average molecular weight is 258 g/mol. The van der Waals surface area contributed by atoms with Gasteiger partial charge in [0.1, 0.15) is 0 Å². The van der Waals surface area contributed by atoms with Crippen molar-refractivity contribution in [3.63, 3.8) is 0 Å². The Morgan fingerprint density at radius 2 is 1.72 bits per heavy atom. The summed E-state index contributed by atoms with van der Waals surface area (Å²) >= 11 is 0. The molecule has 4 heteroatoms. The Labute approximate surface area is 110 Å². The van der Waals surface area contributed by atoms with Crippen molar-refractivity contribution in [3.05, 3.63) is 0 Å². The molecule has 0 aromatic heterocycles. The highest BCUT2D eigenvalue weighted by Crippen LogP contribution is 2.26. The van der Waals surface area contributed by atoms with E-state index in [1.54, 1.807) is 6.92 Å². The third-order valence-corrected chi connectivity index (χ3v) is 3.44. The zero-order chi connectivity index (χ0) is 14.2. The maximum atomic E-state index is 12.4. The molecule has 1 N–H and O–H groups in total. The van der Waals surface area contributed by atoms with Crippen molar-refractivity contribution in [1.29, 1.82) is 0 Å². The molecule has 0 bridgehead atoms. The van der Waals surface area contributed by atoms with Gasteiger partial charge in [-0.1, -0.05) is 34.1 Å². The predicted octanol–water partition coefficient (Wildman–Crippen LogP) is 3.04. The molecule has 0 heterocycles. The van der Waals surface area contributed by atoms with E-state index < -0.39 is 11.6 Å². The van der Waals surface area contributed by atoms with Crippen LogP contribution in [0.15, 0.2) is 0 Å². The van der Waals surface area contributed by atoms with Crippen molar-refractivity contribution < 1.29 is 19.4 Å². The molecule has 1 unspecified atom stereocenters. The second-order valence-corrected chi connectivity index (χ2v) is 4.57. The van der Waals surface area contributed by atoms with Gasteiger partial charge in [0.25, 0.3) is 0 Å². The fourth-order valence-corrected chi connectivity index (χ4v) is 2.05. The number of rotatable bonds is 10. The van der Waals surface area contributed by atoms with E-state index in [-0.39, 0.29) is 18.1 Å². The maximum absolute atomic E-state index is 12.4. The van der Waals surface area contributed by atoms with Crippen LogP contribution < -0.4 is 0 Å². The van der Waals surface area contributed by atoms with Gasteiger partial charge in [-0.3, -0.25) is 4.79 Å². The molecule has 1 atom stereocenters. The lowest BCUT2D eigenvalue weighted by atomic mass is 9.83. The number of hydrogen-bond acceptors (Lipinski definition) is 3. The van der Waals surface area contributed by atoms with Crippen LogP contribution in [0.5, 0.6) is 0 Å². The zero-order valence-electron chi connectivity index (χ0n) is 12.0. The van der Waals surface area contributed by atoms with Gasteiger partial charge in [-0.05, 0) is 25.7 Å². The normalized spacial score (nSPS) is 14.5. The van der Waals surface area contributed by atoms with Crippen LogP contribution in [0.25, 0.3) is 0 Å². The molecular formula is C14H26O4. The lowest BCUT2D eigenvalue weighted by Crippen LogP contribution is -2.51. The third-order valence-electron chi connectivity index (χ3n) is 3.44. The quantitative estimate of drug-likeness (QED) is 0.483. The summed E-state index contributed by atoms with van der Waals surface area (Å²) in [6.07, 6.45) is 3.17. The lowest BCUT2D eigenvalue weighted by Gasteiger charge is -2.30. The summed E-state index contributed by atoms with van der Waals surface area (Å²) in [4.78, 5) is 23.9. The molecule has 0 fully saturated rings. The SMILES string of the molecule is CCCCOC(CC)(C(=O)O)C(=O)C(CC)CC. The summed E-state index contributed by atoms with van der Waals surface area (Å²) in [6, 6.07) is 0. The van der Waals surface area contributed by atoms with Gasteiger partial charge >= 0.3 is 5.97 Å². The minimum absolute atomic E-state index is 0.182. The highest BCUT2D eigenvalue weighted by molar-refractivity contribution is 6.07. The fourth-order valence-electron chi connectivity index (χ4n) is 2.05. The van der Waals surface area contributed by atoms with E-state index in [2.05, 4.69) is 0 Å². The first-order valence-electron chi connectivity index (χ1n) is 6.91. The second kappa shape index (κ2) is 8.25. The van der Waals surface area contributed by atoms with Gasteiger partial charge in [0.15, 0.2) is 5.78 Å². The standard InChI is InChI=1S/C14H26O4/c1-5-9-10-18-14(8-4,13(16)17)12(15)11(6-2)7-3/h11H,5-10H2,1-4H3,(H,16,17). The number of aliphatic carboxylic acids is 1. The minimum atomic E-state index is -1.65. The fraction of sp³-hybridized carbons (Fsp3) is 0.857. The number of carboxylic acids is 1. The van der Waals surface area contributed by atoms with Gasteiger partial charge in [-0.15, -0.1) is 0 Å². The van der Waals surface area contributed by atoms with Gasteiger partial charge in [0.05, 0.1) is 0 Å². The molecular weight excluding hydrogens is 232 g/mol. The van der Waals surface area contributed by atoms with Crippen LogP contribution in [-0.2, 0) is 14.3 Å². The number of carbonyl (C=O) groups excluding carboxylic acids is 1. The number of carboxylic acid groups (broad SMARTS) is 1. The van der Waals surface area contributed by atoms with Crippen molar-refractivity contribution in [2.75, 3.05) is 6.61 Å². The van der Waals surface area contributed by atoms with Crippen LogP contribution in [0.2, 0.25) is 0 Å². The highest BCUT2D eigenvalue weighted by atomic mass is 16.5. The summed E-state index contributed by atoms with van der Waals surface area (Å²) in [5.74, 6) is -1.67. The average Bonchev–Trinajstić information content (AvgIpc) is 2.36. The monoisotopic (exact) mass is 258 g/mol. The predicted molar refractivity (Wildman–Crippen MR) is 70.6 cm³/mol. The van der Waals surface area contributed by atoms with Crippen molar-refractivity contribution >= 4 is 11.8 Å². The summed E-state index contributed by atoms with van der Waals surface area (Å²) in [5, 5.41) is 9.39. The molecule has 18 heavy (non-hydrogen) atoms. The molecule has 0 radical (unpaired) electrons. The molecule has 0 rings (SSSR count). The number of hydrogen-bond donors (Lipinski definition) is 1. The van der Waals surface area contributed by atoms with Crippen LogP contribution in [0.3, 0.4) is 0 Å². The van der Waals surface area contributed by atoms with Crippen LogP contribution >= 0.6 is 0 Å². The van der Waals surface area contributed by atoms with Crippen molar-refractivity contribution in [3.8, 4) is 0 Å². The molecule has 0 aliphatic heterocycles. The van der Waals surface area contributed by atoms with Crippen molar-refractivity contribution in [1.82, 2.24) is 0 Å². The minimum Gasteiger partial charge on any atom is -0.479 e. The lowest BCUT2D eigenvalue weighted by molar-refractivity contribution is -0.175. The summed E-state index contributed by atoms with van der Waals surface area (Å²) in [6.45, 7) is 7.82. The molecule has 0 aliphatic rings. The van der Waals surface area contributed by atoms with E-state index in [0.717, 1.165) is 12.8 Å². The van der Waals surface area contributed by atoms with Crippen LogP contribution in [0.4, 0.5) is 0 Å².